The maximum Gasteiger partial charge on any atom is 0.339 e. The highest BCUT2D eigenvalue weighted by atomic mass is 16.5. The molecular formula is C18H19N3O4. The van der Waals surface area contributed by atoms with E-state index in [0.717, 1.165) is 0 Å². The largest absolute Gasteiger partial charge is 0.484 e. The van der Waals surface area contributed by atoms with Crippen LogP contribution in [-0.2, 0) is 4.79 Å². The SMILES string of the molecule is O=C(O)c1cccnc1N1CCN(C(=O)COc2ccccc2)CC1. The van der Waals surface area contributed by atoms with Crippen molar-refractivity contribution < 1.29 is 19.4 Å². The number of nitrogens with zero attached hydrogens (tertiary/aromatic N) is 3. The van der Waals surface area contributed by atoms with E-state index in [4.69, 9.17) is 4.74 Å². The first-order chi connectivity index (χ1) is 12.1. The minimum Gasteiger partial charge on any atom is -0.484 e. The fraction of sp³-hybridized carbons (Fsp3) is 0.278. The van der Waals surface area contributed by atoms with Crippen LogP contribution in [0.1, 0.15) is 10.4 Å². The van der Waals surface area contributed by atoms with Crippen molar-refractivity contribution in [1.29, 1.82) is 0 Å². The normalized spacial score (nSPS) is 14.2. The molecule has 0 radical (unpaired) electrons. The number of ether oxygens (including phenoxy) is 1. The van der Waals surface area contributed by atoms with Gasteiger partial charge in [0.15, 0.2) is 6.61 Å². The third-order valence-corrected chi connectivity index (χ3v) is 4.05. The molecule has 1 saturated heterocycles. The molecule has 0 aliphatic carbocycles. The Morgan fingerprint density at radius 3 is 2.44 bits per heavy atom. The van der Waals surface area contributed by atoms with Gasteiger partial charge < -0.3 is 19.6 Å². The van der Waals surface area contributed by atoms with Crippen LogP contribution < -0.4 is 9.64 Å². The first-order valence-electron chi connectivity index (χ1n) is 8.04. The van der Waals surface area contributed by atoms with Crippen LogP contribution in [0.3, 0.4) is 0 Å². The number of anilines is 1. The van der Waals surface area contributed by atoms with Crippen LogP contribution in [-0.4, -0.2) is 59.7 Å². The molecule has 1 fully saturated rings. The van der Waals surface area contributed by atoms with Crippen molar-refractivity contribution in [3.05, 3.63) is 54.2 Å². The Kier molecular flexibility index (Phi) is 5.13. The molecule has 25 heavy (non-hydrogen) atoms. The fourth-order valence-electron chi connectivity index (χ4n) is 2.74. The standard InChI is InChI=1S/C18H19N3O4/c22-16(13-25-14-5-2-1-3-6-14)20-9-11-21(12-10-20)17-15(18(23)24)7-4-8-19-17/h1-8H,9-13H2,(H,23,24). The molecule has 0 atom stereocenters. The number of piperazine rings is 1. The van der Waals surface area contributed by atoms with Gasteiger partial charge in [0.1, 0.15) is 17.1 Å². The van der Waals surface area contributed by atoms with E-state index in [1.54, 1.807) is 29.3 Å². The van der Waals surface area contributed by atoms with Crippen LogP contribution >= 0.6 is 0 Å². The lowest BCUT2D eigenvalue weighted by Gasteiger charge is -2.35. The molecule has 2 heterocycles. The van der Waals surface area contributed by atoms with Crippen LogP contribution in [0.2, 0.25) is 0 Å². The number of para-hydroxylation sites is 1. The summed E-state index contributed by atoms with van der Waals surface area (Å²) in [6, 6.07) is 12.3. The van der Waals surface area contributed by atoms with Crippen LogP contribution in [0.15, 0.2) is 48.7 Å². The molecule has 1 amide bonds. The summed E-state index contributed by atoms with van der Waals surface area (Å²) >= 11 is 0. The monoisotopic (exact) mass is 341 g/mol. The molecule has 0 unspecified atom stereocenters. The Morgan fingerprint density at radius 1 is 1.04 bits per heavy atom. The summed E-state index contributed by atoms with van der Waals surface area (Å²) in [6.45, 7) is 2.08. The van der Waals surface area contributed by atoms with Crippen molar-refractivity contribution in [3.63, 3.8) is 0 Å². The smallest absolute Gasteiger partial charge is 0.339 e. The molecule has 130 valence electrons. The third kappa shape index (κ3) is 4.06. The maximum atomic E-state index is 12.3. The Hall–Kier alpha value is -3.09. The summed E-state index contributed by atoms with van der Waals surface area (Å²) in [6.07, 6.45) is 1.58. The Labute approximate surface area is 145 Å². The van der Waals surface area contributed by atoms with Crippen LogP contribution in [0, 0.1) is 0 Å². The van der Waals surface area contributed by atoms with Crippen LogP contribution in [0.5, 0.6) is 5.75 Å². The summed E-state index contributed by atoms with van der Waals surface area (Å²) in [5, 5.41) is 9.27. The second-order valence-electron chi connectivity index (χ2n) is 5.65. The van der Waals surface area contributed by atoms with Gasteiger partial charge in [0.2, 0.25) is 0 Å². The number of carbonyl (C=O) groups is 2. The lowest BCUT2D eigenvalue weighted by atomic mass is 10.2. The molecule has 0 saturated carbocycles. The maximum absolute atomic E-state index is 12.3. The fourth-order valence-corrected chi connectivity index (χ4v) is 2.74. The molecule has 7 heteroatoms. The van der Waals surface area contributed by atoms with E-state index >= 15 is 0 Å². The molecule has 3 rings (SSSR count). The highest BCUT2D eigenvalue weighted by Gasteiger charge is 2.24. The van der Waals surface area contributed by atoms with Crippen molar-refractivity contribution in [1.82, 2.24) is 9.88 Å². The van der Waals surface area contributed by atoms with Gasteiger partial charge >= 0.3 is 5.97 Å². The molecule has 2 aromatic rings. The summed E-state index contributed by atoms with van der Waals surface area (Å²) in [5.74, 6) is 0.0255. The number of rotatable bonds is 5. The number of hydrogen-bond donors (Lipinski definition) is 1. The Morgan fingerprint density at radius 2 is 1.76 bits per heavy atom. The number of carboxylic acids is 1. The lowest BCUT2D eigenvalue weighted by molar-refractivity contribution is -0.133. The molecule has 1 aliphatic rings. The average Bonchev–Trinajstić information content (AvgIpc) is 2.67. The number of pyridine rings is 1. The second kappa shape index (κ2) is 7.65. The van der Waals surface area contributed by atoms with E-state index in [2.05, 4.69) is 4.98 Å². The van der Waals surface area contributed by atoms with Gasteiger partial charge in [-0.05, 0) is 24.3 Å². The van der Waals surface area contributed by atoms with Crippen molar-refractivity contribution in [2.24, 2.45) is 0 Å². The van der Waals surface area contributed by atoms with E-state index in [1.165, 1.54) is 6.07 Å². The van der Waals surface area contributed by atoms with E-state index in [9.17, 15) is 14.7 Å². The third-order valence-electron chi connectivity index (χ3n) is 4.05. The predicted octanol–water partition coefficient (Wildman–Crippen LogP) is 1.51. The van der Waals surface area contributed by atoms with Crippen molar-refractivity contribution in [2.45, 2.75) is 0 Å². The van der Waals surface area contributed by atoms with E-state index < -0.39 is 5.97 Å². The van der Waals surface area contributed by atoms with Crippen molar-refractivity contribution in [2.75, 3.05) is 37.7 Å². The predicted molar refractivity (Wildman–Crippen MR) is 91.9 cm³/mol. The molecular weight excluding hydrogens is 322 g/mol. The Balaban J connectivity index is 1.55. The Bertz CT molecular complexity index is 743. The minimum atomic E-state index is -1.00. The lowest BCUT2D eigenvalue weighted by Crippen LogP contribution is -2.50. The van der Waals surface area contributed by atoms with E-state index in [1.807, 2.05) is 23.1 Å². The van der Waals surface area contributed by atoms with E-state index in [-0.39, 0.29) is 18.1 Å². The molecule has 1 aromatic heterocycles. The van der Waals surface area contributed by atoms with Crippen LogP contribution in [0.4, 0.5) is 5.82 Å². The first-order valence-corrected chi connectivity index (χ1v) is 8.04. The summed E-state index contributed by atoms with van der Waals surface area (Å²) < 4.78 is 5.49. The van der Waals surface area contributed by atoms with Gasteiger partial charge in [0.25, 0.3) is 5.91 Å². The van der Waals surface area contributed by atoms with Gasteiger partial charge in [0, 0.05) is 32.4 Å². The molecule has 1 aliphatic heterocycles. The zero-order chi connectivity index (χ0) is 17.6. The number of carbonyl (C=O) groups excluding carboxylic acids is 1. The molecule has 1 aromatic carbocycles. The van der Waals surface area contributed by atoms with Gasteiger partial charge in [-0.25, -0.2) is 9.78 Å². The van der Waals surface area contributed by atoms with Gasteiger partial charge in [-0.1, -0.05) is 18.2 Å². The number of benzene rings is 1. The highest BCUT2D eigenvalue weighted by Crippen LogP contribution is 2.19. The zero-order valence-corrected chi connectivity index (χ0v) is 13.7. The number of hydrogen-bond acceptors (Lipinski definition) is 5. The number of carboxylic acid groups (broad SMARTS) is 1. The molecule has 7 nitrogen and oxygen atoms in total. The van der Waals surface area contributed by atoms with Gasteiger partial charge in [-0.3, -0.25) is 4.79 Å². The molecule has 0 spiro atoms. The van der Waals surface area contributed by atoms with Gasteiger partial charge in [-0.2, -0.15) is 0 Å². The number of amides is 1. The van der Waals surface area contributed by atoms with Crippen molar-refractivity contribution >= 4 is 17.7 Å². The first kappa shape index (κ1) is 16.8. The van der Waals surface area contributed by atoms with E-state index in [0.29, 0.717) is 37.7 Å². The topological polar surface area (TPSA) is 83.0 Å². The average molecular weight is 341 g/mol. The zero-order valence-electron chi connectivity index (χ0n) is 13.7. The highest BCUT2D eigenvalue weighted by molar-refractivity contribution is 5.93. The number of aromatic carboxylic acids is 1. The molecule has 1 N–H and O–H groups in total. The molecule has 0 bridgehead atoms. The second-order valence-corrected chi connectivity index (χ2v) is 5.65. The summed E-state index contributed by atoms with van der Waals surface area (Å²) in [4.78, 5) is 31.4. The minimum absolute atomic E-state index is 0.00598. The van der Waals surface area contributed by atoms with Gasteiger partial charge in [-0.15, -0.1) is 0 Å². The van der Waals surface area contributed by atoms with Crippen LogP contribution in [0.25, 0.3) is 0 Å². The summed E-state index contributed by atoms with van der Waals surface area (Å²) in [5.41, 5.74) is 0.176. The van der Waals surface area contributed by atoms with Crippen molar-refractivity contribution in [3.8, 4) is 5.75 Å². The summed E-state index contributed by atoms with van der Waals surface area (Å²) in [7, 11) is 0. The van der Waals surface area contributed by atoms with Gasteiger partial charge in [0.05, 0.1) is 0 Å². The quantitative estimate of drug-likeness (QED) is 0.887. The number of aromatic nitrogens is 1.